The fourth-order valence-electron chi connectivity index (χ4n) is 3.01. The average molecular weight is 329 g/mol. The topological polar surface area (TPSA) is 72.9 Å². The number of rotatable bonds is 3. The van der Waals surface area contributed by atoms with Crippen LogP contribution < -0.4 is 11.1 Å². The van der Waals surface area contributed by atoms with Crippen molar-refractivity contribution >= 4 is 18.3 Å². The number of carbonyl (C=O) groups excluding carboxylic acids is 1. The quantitative estimate of drug-likeness (QED) is 0.895. The largest absolute Gasteiger partial charge is 0.349 e. The number of hydrogen-bond acceptors (Lipinski definition) is 3. The van der Waals surface area contributed by atoms with Crippen molar-refractivity contribution in [1.82, 2.24) is 15.1 Å². The molecule has 1 aromatic rings. The summed E-state index contributed by atoms with van der Waals surface area (Å²) >= 11 is 0. The maximum Gasteiger partial charge on any atom is 0.254 e. The molecule has 1 saturated carbocycles. The second-order valence-electron chi connectivity index (χ2n) is 7.03. The third kappa shape index (κ3) is 4.23. The van der Waals surface area contributed by atoms with Gasteiger partial charge in [-0.1, -0.05) is 6.92 Å². The Kier molecular flexibility index (Phi) is 6.44. The third-order valence-corrected chi connectivity index (χ3v) is 4.19. The van der Waals surface area contributed by atoms with Gasteiger partial charge in [0.05, 0.1) is 23.0 Å². The van der Waals surface area contributed by atoms with Gasteiger partial charge in [0.15, 0.2) is 0 Å². The molecule has 22 heavy (non-hydrogen) atoms. The van der Waals surface area contributed by atoms with Crippen molar-refractivity contribution < 1.29 is 4.79 Å². The zero-order valence-electron chi connectivity index (χ0n) is 14.1. The van der Waals surface area contributed by atoms with Crippen LogP contribution in [0.1, 0.15) is 69.4 Å². The summed E-state index contributed by atoms with van der Waals surface area (Å²) in [6, 6.07) is 0.549. The Morgan fingerprint density at radius 1 is 1.36 bits per heavy atom. The number of carbonyl (C=O) groups is 1. The standard InChI is InChI=1S/C16H28N4O.ClH/c1-5-14-13(10-18-20(14)16(2,3)4)15(21)19-12-8-6-11(17)7-9-12;/h10-12H,5-9,17H2,1-4H3,(H,19,21);1H. The molecule has 1 fully saturated rings. The van der Waals surface area contributed by atoms with Crippen LogP contribution in [0.15, 0.2) is 6.20 Å². The summed E-state index contributed by atoms with van der Waals surface area (Å²) < 4.78 is 1.96. The number of nitrogens with one attached hydrogen (secondary N) is 1. The first-order chi connectivity index (χ1) is 9.82. The molecule has 126 valence electrons. The number of hydrogen-bond donors (Lipinski definition) is 2. The zero-order chi connectivity index (χ0) is 15.6. The monoisotopic (exact) mass is 328 g/mol. The van der Waals surface area contributed by atoms with E-state index in [1.807, 2.05) is 4.68 Å². The summed E-state index contributed by atoms with van der Waals surface area (Å²) in [6.07, 6.45) is 6.44. The minimum absolute atomic E-state index is 0. The van der Waals surface area contributed by atoms with Gasteiger partial charge < -0.3 is 11.1 Å². The van der Waals surface area contributed by atoms with E-state index in [4.69, 9.17) is 5.73 Å². The predicted molar refractivity (Wildman–Crippen MR) is 91.5 cm³/mol. The molecule has 0 unspecified atom stereocenters. The summed E-state index contributed by atoms with van der Waals surface area (Å²) in [5.41, 5.74) is 7.52. The molecule has 0 bridgehead atoms. The van der Waals surface area contributed by atoms with E-state index in [2.05, 4.69) is 38.1 Å². The molecule has 0 aliphatic heterocycles. The number of halogens is 1. The SMILES string of the molecule is CCc1c(C(=O)NC2CCC(N)CC2)cnn1C(C)(C)C.Cl. The Morgan fingerprint density at radius 2 is 1.95 bits per heavy atom. The number of aromatic nitrogens is 2. The van der Waals surface area contributed by atoms with E-state index in [0.717, 1.165) is 37.8 Å². The van der Waals surface area contributed by atoms with Gasteiger partial charge in [-0.05, 0) is 52.9 Å². The molecule has 0 aromatic carbocycles. The highest BCUT2D eigenvalue weighted by atomic mass is 35.5. The molecular formula is C16H29ClN4O. The van der Waals surface area contributed by atoms with Gasteiger partial charge in [-0.25, -0.2) is 0 Å². The van der Waals surface area contributed by atoms with Gasteiger partial charge in [-0.3, -0.25) is 9.48 Å². The maximum absolute atomic E-state index is 12.5. The van der Waals surface area contributed by atoms with Crippen molar-refractivity contribution in [3.8, 4) is 0 Å². The maximum atomic E-state index is 12.5. The predicted octanol–water partition coefficient (Wildman–Crippen LogP) is 2.62. The fraction of sp³-hybridized carbons (Fsp3) is 0.750. The van der Waals surface area contributed by atoms with Crippen LogP contribution in [0.5, 0.6) is 0 Å². The second-order valence-corrected chi connectivity index (χ2v) is 7.03. The summed E-state index contributed by atoms with van der Waals surface area (Å²) in [5, 5.41) is 7.57. The molecule has 3 N–H and O–H groups in total. The van der Waals surface area contributed by atoms with Crippen LogP contribution in [0.2, 0.25) is 0 Å². The lowest BCUT2D eigenvalue weighted by molar-refractivity contribution is 0.0924. The molecule has 2 rings (SSSR count). The highest BCUT2D eigenvalue weighted by Crippen LogP contribution is 2.21. The second kappa shape index (κ2) is 7.47. The van der Waals surface area contributed by atoms with Crippen molar-refractivity contribution in [3.63, 3.8) is 0 Å². The molecule has 0 spiro atoms. The lowest BCUT2D eigenvalue weighted by Crippen LogP contribution is -2.40. The van der Waals surface area contributed by atoms with Gasteiger partial charge in [0, 0.05) is 12.1 Å². The minimum Gasteiger partial charge on any atom is -0.349 e. The minimum atomic E-state index is -0.110. The lowest BCUT2D eigenvalue weighted by atomic mass is 9.91. The molecule has 5 nitrogen and oxygen atoms in total. The highest BCUT2D eigenvalue weighted by Gasteiger charge is 2.25. The molecule has 1 aliphatic carbocycles. The first-order valence-electron chi connectivity index (χ1n) is 7.96. The Bertz CT molecular complexity index is 499. The number of nitrogens with zero attached hydrogens (tertiary/aromatic N) is 2. The molecule has 0 atom stereocenters. The fourth-order valence-corrected chi connectivity index (χ4v) is 3.01. The van der Waals surface area contributed by atoms with E-state index in [9.17, 15) is 4.79 Å². The Labute approximate surface area is 139 Å². The molecule has 0 saturated heterocycles. The van der Waals surface area contributed by atoms with Gasteiger partial charge in [0.2, 0.25) is 0 Å². The Morgan fingerprint density at radius 3 is 2.45 bits per heavy atom. The molecule has 0 radical (unpaired) electrons. The van der Waals surface area contributed by atoms with Crippen LogP contribution in [-0.2, 0) is 12.0 Å². The molecule has 1 aromatic heterocycles. The Hall–Kier alpha value is -1.07. The van der Waals surface area contributed by atoms with Crippen molar-refractivity contribution in [1.29, 1.82) is 0 Å². The highest BCUT2D eigenvalue weighted by molar-refractivity contribution is 5.95. The van der Waals surface area contributed by atoms with E-state index in [1.165, 1.54) is 0 Å². The van der Waals surface area contributed by atoms with Crippen LogP contribution in [0.4, 0.5) is 0 Å². The van der Waals surface area contributed by atoms with Crippen LogP contribution in [-0.4, -0.2) is 27.8 Å². The van der Waals surface area contributed by atoms with E-state index in [1.54, 1.807) is 6.20 Å². The normalized spacial score (nSPS) is 22.0. The average Bonchev–Trinajstić information content (AvgIpc) is 2.85. The third-order valence-electron chi connectivity index (χ3n) is 4.19. The molecule has 1 amide bonds. The van der Waals surface area contributed by atoms with Gasteiger partial charge in [-0.2, -0.15) is 5.10 Å². The van der Waals surface area contributed by atoms with Crippen molar-refractivity contribution in [2.24, 2.45) is 5.73 Å². The summed E-state index contributed by atoms with van der Waals surface area (Å²) in [5.74, 6) is 0.00261. The van der Waals surface area contributed by atoms with Crippen LogP contribution in [0, 0.1) is 0 Å². The first-order valence-corrected chi connectivity index (χ1v) is 7.96. The molecule has 1 aliphatic rings. The Balaban J connectivity index is 0.00000242. The number of amides is 1. The molecular weight excluding hydrogens is 300 g/mol. The van der Waals surface area contributed by atoms with E-state index in [0.29, 0.717) is 11.6 Å². The van der Waals surface area contributed by atoms with Crippen molar-refractivity contribution in [2.45, 2.75) is 77.4 Å². The van der Waals surface area contributed by atoms with E-state index >= 15 is 0 Å². The lowest BCUT2D eigenvalue weighted by Gasteiger charge is -2.27. The smallest absolute Gasteiger partial charge is 0.254 e. The summed E-state index contributed by atoms with van der Waals surface area (Å²) in [6.45, 7) is 8.37. The zero-order valence-corrected chi connectivity index (χ0v) is 14.9. The van der Waals surface area contributed by atoms with Gasteiger partial charge >= 0.3 is 0 Å². The van der Waals surface area contributed by atoms with E-state index < -0.39 is 0 Å². The van der Waals surface area contributed by atoms with Crippen LogP contribution in [0.3, 0.4) is 0 Å². The summed E-state index contributed by atoms with van der Waals surface area (Å²) in [7, 11) is 0. The number of nitrogens with two attached hydrogens (primary N) is 1. The van der Waals surface area contributed by atoms with Crippen molar-refractivity contribution in [3.05, 3.63) is 17.5 Å². The summed E-state index contributed by atoms with van der Waals surface area (Å²) in [4.78, 5) is 12.5. The van der Waals surface area contributed by atoms with Gasteiger partial charge in [-0.15, -0.1) is 12.4 Å². The molecule has 1 heterocycles. The van der Waals surface area contributed by atoms with Gasteiger partial charge in [0.1, 0.15) is 0 Å². The van der Waals surface area contributed by atoms with Crippen LogP contribution in [0.25, 0.3) is 0 Å². The van der Waals surface area contributed by atoms with E-state index in [-0.39, 0.29) is 29.9 Å². The molecule has 6 heteroatoms. The van der Waals surface area contributed by atoms with Gasteiger partial charge in [0.25, 0.3) is 5.91 Å². The first kappa shape index (κ1) is 19.0. The van der Waals surface area contributed by atoms with Crippen molar-refractivity contribution in [2.75, 3.05) is 0 Å². The van der Waals surface area contributed by atoms with Crippen LogP contribution >= 0.6 is 12.4 Å².